The molecule has 20 heavy (non-hydrogen) atoms. The largest absolute Gasteiger partial charge is 0.260 e. The quantitative estimate of drug-likeness (QED) is 0.872. The molecule has 1 aromatic heterocycles. The summed E-state index contributed by atoms with van der Waals surface area (Å²) in [5.74, 6) is 0. The molecular weight excluding hydrogens is 296 g/mol. The molecule has 0 fully saturated rings. The van der Waals surface area contributed by atoms with E-state index in [0.717, 1.165) is 5.56 Å². The molecule has 0 amide bonds. The number of nitrogens with zero attached hydrogens (tertiary/aromatic N) is 2. The van der Waals surface area contributed by atoms with E-state index in [1.54, 1.807) is 30.5 Å². The summed E-state index contributed by atoms with van der Waals surface area (Å²) in [5.41, 5.74) is 1.54. The predicted octanol–water partition coefficient (Wildman–Crippen LogP) is 2.86. The van der Waals surface area contributed by atoms with Crippen molar-refractivity contribution in [1.29, 1.82) is 0 Å². The number of hydrogen-bond acceptors (Lipinski definition) is 3. The standard InChI is InChI=1S/C14H15ClN2O2S/c1-11-6-7-13(9-14(11)15)20(18,19)17(2)10-12-5-3-4-8-16-12/h3-9H,10H2,1-2H3. The van der Waals surface area contributed by atoms with Gasteiger partial charge in [-0.2, -0.15) is 4.31 Å². The number of halogens is 1. The van der Waals surface area contributed by atoms with Gasteiger partial charge in [-0.3, -0.25) is 4.98 Å². The summed E-state index contributed by atoms with van der Waals surface area (Å²) < 4.78 is 26.1. The molecule has 0 aliphatic heterocycles. The van der Waals surface area contributed by atoms with E-state index in [9.17, 15) is 8.42 Å². The molecule has 1 heterocycles. The zero-order valence-corrected chi connectivity index (χ0v) is 12.8. The maximum atomic E-state index is 12.4. The zero-order valence-electron chi connectivity index (χ0n) is 11.2. The van der Waals surface area contributed by atoms with Crippen LogP contribution in [0.2, 0.25) is 5.02 Å². The van der Waals surface area contributed by atoms with Gasteiger partial charge in [-0.1, -0.05) is 23.7 Å². The number of pyridine rings is 1. The van der Waals surface area contributed by atoms with Crippen molar-refractivity contribution < 1.29 is 8.42 Å². The van der Waals surface area contributed by atoms with Crippen LogP contribution in [-0.2, 0) is 16.6 Å². The maximum absolute atomic E-state index is 12.4. The first kappa shape index (κ1) is 15.0. The highest BCUT2D eigenvalue weighted by molar-refractivity contribution is 7.89. The molecule has 0 aliphatic carbocycles. The second-order valence-electron chi connectivity index (χ2n) is 4.49. The average Bonchev–Trinajstić information content (AvgIpc) is 2.42. The maximum Gasteiger partial charge on any atom is 0.243 e. The molecule has 0 bridgehead atoms. The molecule has 1 aromatic carbocycles. The molecule has 0 N–H and O–H groups in total. The van der Waals surface area contributed by atoms with Gasteiger partial charge in [-0.05, 0) is 36.8 Å². The van der Waals surface area contributed by atoms with Crippen LogP contribution in [0.1, 0.15) is 11.3 Å². The Bertz CT molecular complexity index is 702. The third kappa shape index (κ3) is 3.17. The Morgan fingerprint density at radius 3 is 2.60 bits per heavy atom. The van der Waals surface area contributed by atoms with E-state index in [4.69, 9.17) is 11.6 Å². The van der Waals surface area contributed by atoms with Crippen LogP contribution in [0.15, 0.2) is 47.5 Å². The molecule has 0 spiro atoms. The fraction of sp³-hybridized carbons (Fsp3) is 0.214. The van der Waals surface area contributed by atoms with Gasteiger partial charge in [0.05, 0.1) is 17.1 Å². The van der Waals surface area contributed by atoms with Crippen LogP contribution in [0.25, 0.3) is 0 Å². The van der Waals surface area contributed by atoms with E-state index in [2.05, 4.69) is 4.98 Å². The lowest BCUT2D eigenvalue weighted by Gasteiger charge is -2.17. The van der Waals surface area contributed by atoms with Crippen LogP contribution in [0.4, 0.5) is 0 Å². The minimum absolute atomic E-state index is 0.187. The number of hydrogen-bond donors (Lipinski definition) is 0. The molecule has 0 radical (unpaired) electrons. The average molecular weight is 311 g/mol. The summed E-state index contributed by atoms with van der Waals surface area (Å²) in [5, 5.41) is 0.442. The number of aromatic nitrogens is 1. The van der Waals surface area contributed by atoms with Gasteiger partial charge in [-0.25, -0.2) is 8.42 Å². The lowest BCUT2D eigenvalue weighted by Crippen LogP contribution is -2.26. The van der Waals surface area contributed by atoms with Gasteiger partial charge < -0.3 is 0 Å². The molecule has 0 unspecified atom stereocenters. The monoisotopic (exact) mass is 310 g/mol. The summed E-state index contributed by atoms with van der Waals surface area (Å²) in [6.45, 7) is 2.05. The molecule has 2 rings (SSSR count). The van der Waals surface area contributed by atoms with E-state index in [0.29, 0.717) is 10.7 Å². The van der Waals surface area contributed by atoms with E-state index in [1.165, 1.54) is 17.4 Å². The third-order valence-corrected chi connectivity index (χ3v) is 5.17. The van der Waals surface area contributed by atoms with Crippen molar-refractivity contribution in [2.75, 3.05) is 7.05 Å². The molecule has 0 saturated carbocycles. The predicted molar refractivity (Wildman–Crippen MR) is 79.1 cm³/mol. The lowest BCUT2D eigenvalue weighted by molar-refractivity contribution is 0.462. The Labute approximate surface area is 124 Å². The van der Waals surface area contributed by atoms with Gasteiger partial charge in [0.2, 0.25) is 10.0 Å². The zero-order chi connectivity index (χ0) is 14.8. The van der Waals surface area contributed by atoms with Crippen molar-refractivity contribution in [3.05, 3.63) is 58.9 Å². The van der Waals surface area contributed by atoms with Crippen LogP contribution in [0.3, 0.4) is 0 Å². The summed E-state index contributed by atoms with van der Waals surface area (Å²) in [6, 6.07) is 10.1. The molecule has 4 nitrogen and oxygen atoms in total. The van der Waals surface area contributed by atoms with E-state index >= 15 is 0 Å². The first-order valence-corrected chi connectivity index (χ1v) is 7.85. The van der Waals surface area contributed by atoms with Gasteiger partial charge in [0, 0.05) is 18.3 Å². The number of rotatable bonds is 4. The number of aryl methyl sites for hydroxylation is 1. The van der Waals surface area contributed by atoms with Crippen molar-refractivity contribution in [2.45, 2.75) is 18.4 Å². The van der Waals surface area contributed by atoms with E-state index < -0.39 is 10.0 Å². The van der Waals surface area contributed by atoms with Crippen molar-refractivity contribution in [1.82, 2.24) is 9.29 Å². The molecule has 6 heteroatoms. The van der Waals surface area contributed by atoms with Gasteiger partial charge in [0.25, 0.3) is 0 Å². The summed E-state index contributed by atoms with van der Waals surface area (Å²) >= 11 is 5.99. The smallest absolute Gasteiger partial charge is 0.243 e. The fourth-order valence-corrected chi connectivity index (χ4v) is 3.13. The van der Waals surface area contributed by atoms with Crippen molar-refractivity contribution in [2.24, 2.45) is 0 Å². The summed E-state index contributed by atoms with van der Waals surface area (Å²) in [4.78, 5) is 4.31. The number of benzene rings is 1. The highest BCUT2D eigenvalue weighted by Gasteiger charge is 2.21. The van der Waals surface area contributed by atoms with Gasteiger partial charge in [0.1, 0.15) is 0 Å². The minimum atomic E-state index is -3.57. The fourth-order valence-electron chi connectivity index (χ4n) is 1.72. The molecular formula is C14H15ClN2O2S. The summed E-state index contributed by atoms with van der Waals surface area (Å²) in [7, 11) is -2.04. The highest BCUT2D eigenvalue weighted by Crippen LogP contribution is 2.22. The second kappa shape index (κ2) is 5.91. The van der Waals surface area contributed by atoms with Crippen molar-refractivity contribution in [3.63, 3.8) is 0 Å². The number of sulfonamides is 1. The molecule has 0 aliphatic rings. The Balaban J connectivity index is 2.27. The highest BCUT2D eigenvalue weighted by atomic mass is 35.5. The van der Waals surface area contributed by atoms with Crippen LogP contribution >= 0.6 is 11.6 Å². The SMILES string of the molecule is Cc1ccc(S(=O)(=O)N(C)Cc2ccccn2)cc1Cl. The lowest BCUT2D eigenvalue weighted by atomic mass is 10.2. The Kier molecular flexibility index (Phi) is 4.42. The van der Waals surface area contributed by atoms with Gasteiger partial charge >= 0.3 is 0 Å². The normalized spacial score (nSPS) is 11.8. The van der Waals surface area contributed by atoms with Crippen molar-refractivity contribution >= 4 is 21.6 Å². The van der Waals surface area contributed by atoms with Crippen molar-refractivity contribution in [3.8, 4) is 0 Å². The second-order valence-corrected chi connectivity index (χ2v) is 6.95. The van der Waals surface area contributed by atoms with Gasteiger partial charge in [0.15, 0.2) is 0 Å². The third-order valence-electron chi connectivity index (χ3n) is 2.96. The first-order chi connectivity index (χ1) is 9.41. The first-order valence-electron chi connectivity index (χ1n) is 6.03. The Morgan fingerprint density at radius 1 is 1.25 bits per heavy atom. The molecule has 2 aromatic rings. The van der Waals surface area contributed by atoms with Crippen LogP contribution in [0.5, 0.6) is 0 Å². The molecule has 0 saturated heterocycles. The Morgan fingerprint density at radius 2 is 2.00 bits per heavy atom. The minimum Gasteiger partial charge on any atom is -0.260 e. The van der Waals surface area contributed by atoms with E-state index in [1.807, 2.05) is 13.0 Å². The molecule has 106 valence electrons. The van der Waals surface area contributed by atoms with Gasteiger partial charge in [-0.15, -0.1) is 0 Å². The van der Waals surface area contributed by atoms with Crippen LogP contribution in [0, 0.1) is 6.92 Å². The Hall–Kier alpha value is -1.43. The topological polar surface area (TPSA) is 50.3 Å². The van der Waals surface area contributed by atoms with Crippen LogP contribution < -0.4 is 0 Å². The van der Waals surface area contributed by atoms with E-state index in [-0.39, 0.29) is 11.4 Å². The van der Waals surface area contributed by atoms with Crippen LogP contribution in [-0.4, -0.2) is 24.8 Å². The molecule has 0 atom stereocenters. The summed E-state index contributed by atoms with van der Waals surface area (Å²) in [6.07, 6.45) is 1.64.